The number of anilines is 1. The number of amides is 1. The summed E-state index contributed by atoms with van der Waals surface area (Å²) in [6, 6.07) is 9.91. The number of ether oxygens (including phenoxy) is 1. The Labute approximate surface area is 160 Å². The third kappa shape index (κ3) is 3.11. The number of hydrogen-bond donors (Lipinski definition) is 1. The number of methoxy groups -OCH3 is 1. The van der Waals surface area contributed by atoms with Gasteiger partial charge in [0, 0.05) is 35.0 Å². The molecule has 6 nitrogen and oxygen atoms in total. The Bertz CT molecular complexity index is 1090. The van der Waals surface area contributed by atoms with Gasteiger partial charge in [0.2, 0.25) is 15.7 Å². The number of thiophene rings is 1. The van der Waals surface area contributed by atoms with E-state index in [0.29, 0.717) is 11.4 Å². The lowest BCUT2D eigenvalue weighted by Crippen LogP contribution is -2.23. The highest BCUT2D eigenvalue weighted by Crippen LogP contribution is 2.45. The van der Waals surface area contributed by atoms with Gasteiger partial charge < -0.3 is 10.1 Å². The Morgan fingerprint density at radius 2 is 2.00 bits per heavy atom. The van der Waals surface area contributed by atoms with Crippen molar-refractivity contribution in [3.8, 4) is 5.75 Å². The van der Waals surface area contributed by atoms with E-state index in [9.17, 15) is 13.2 Å². The quantitative estimate of drug-likeness (QED) is 0.725. The molecular formula is C19H16N2O4S2. The standard InChI is InChI=1S/C19H16N2O4S2/c1-25-13-4-6-14(7-5-13)27(23,24)16-11-26-19-15(9-17(22)21-18(16)19)12-3-2-8-20-10-12/h2-8,10-11,15H,9H2,1H3,(H,21,22)/t15-/m1/s1. The predicted molar refractivity (Wildman–Crippen MR) is 102 cm³/mol. The molecule has 1 N–H and O–H groups in total. The van der Waals surface area contributed by atoms with Crippen molar-refractivity contribution in [3.05, 3.63) is 64.6 Å². The molecule has 2 aromatic heterocycles. The molecule has 4 rings (SSSR count). The fraction of sp³-hybridized carbons (Fsp3) is 0.158. The maximum absolute atomic E-state index is 13.1. The van der Waals surface area contributed by atoms with Gasteiger partial charge in [-0.05, 0) is 35.9 Å². The summed E-state index contributed by atoms with van der Waals surface area (Å²) in [7, 11) is -2.25. The molecule has 0 radical (unpaired) electrons. The minimum absolute atomic E-state index is 0.120. The Hall–Kier alpha value is -2.71. The first-order valence-electron chi connectivity index (χ1n) is 8.21. The van der Waals surface area contributed by atoms with E-state index in [0.717, 1.165) is 10.4 Å². The van der Waals surface area contributed by atoms with Gasteiger partial charge in [-0.3, -0.25) is 9.78 Å². The van der Waals surface area contributed by atoms with Crippen LogP contribution in [0, 0.1) is 0 Å². The third-order valence-electron chi connectivity index (χ3n) is 4.50. The minimum Gasteiger partial charge on any atom is -0.497 e. The van der Waals surface area contributed by atoms with Crippen LogP contribution in [0.15, 0.2) is 64.0 Å². The maximum atomic E-state index is 13.1. The van der Waals surface area contributed by atoms with E-state index < -0.39 is 9.84 Å². The van der Waals surface area contributed by atoms with E-state index >= 15 is 0 Å². The van der Waals surface area contributed by atoms with Gasteiger partial charge in [-0.2, -0.15) is 0 Å². The lowest BCUT2D eigenvalue weighted by atomic mass is 9.92. The van der Waals surface area contributed by atoms with Gasteiger partial charge in [0.15, 0.2) is 0 Å². The second-order valence-electron chi connectivity index (χ2n) is 6.11. The number of pyridine rings is 1. The summed E-state index contributed by atoms with van der Waals surface area (Å²) in [5.41, 5.74) is 1.27. The van der Waals surface area contributed by atoms with Crippen LogP contribution in [0.4, 0.5) is 5.69 Å². The molecule has 0 bridgehead atoms. The lowest BCUT2D eigenvalue weighted by Gasteiger charge is -2.23. The molecule has 1 aliphatic heterocycles. The number of rotatable bonds is 4. The average molecular weight is 400 g/mol. The topological polar surface area (TPSA) is 85.4 Å². The number of nitrogens with one attached hydrogen (secondary N) is 1. The van der Waals surface area contributed by atoms with E-state index in [2.05, 4.69) is 10.3 Å². The van der Waals surface area contributed by atoms with Gasteiger partial charge >= 0.3 is 0 Å². The van der Waals surface area contributed by atoms with Gasteiger partial charge in [-0.15, -0.1) is 11.3 Å². The highest BCUT2D eigenvalue weighted by Gasteiger charge is 2.34. The lowest BCUT2D eigenvalue weighted by molar-refractivity contribution is -0.116. The van der Waals surface area contributed by atoms with Crippen molar-refractivity contribution in [2.24, 2.45) is 0 Å². The number of sulfone groups is 1. The second-order valence-corrected chi connectivity index (χ2v) is 8.94. The fourth-order valence-electron chi connectivity index (χ4n) is 3.14. The molecule has 27 heavy (non-hydrogen) atoms. The van der Waals surface area contributed by atoms with Crippen LogP contribution in [-0.2, 0) is 14.6 Å². The van der Waals surface area contributed by atoms with Gasteiger partial charge in [0.1, 0.15) is 10.6 Å². The molecular weight excluding hydrogens is 384 g/mol. The number of fused-ring (bicyclic) bond motifs is 1. The molecule has 138 valence electrons. The normalized spacial score (nSPS) is 16.5. The molecule has 0 unspecified atom stereocenters. The molecule has 0 aliphatic carbocycles. The summed E-state index contributed by atoms with van der Waals surface area (Å²) >= 11 is 1.34. The monoisotopic (exact) mass is 400 g/mol. The van der Waals surface area contributed by atoms with E-state index in [4.69, 9.17) is 4.74 Å². The highest BCUT2D eigenvalue weighted by atomic mass is 32.2. The first-order valence-corrected chi connectivity index (χ1v) is 10.6. The van der Waals surface area contributed by atoms with E-state index in [1.54, 1.807) is 29.9 Å². The maximum Gasteiger partial charge on any atom is 0.225 e. The van der Waals surface area contributed by atoms with Crippen molar-refractivity contribution in [1.29, 1.82) is 0 Å². The third-order valence-corrected chi connectivity index (χ3v) is 7.54. The van der Waals surface area contributed by atoms with E-state index in [1.807, 2.05) is 12.1 Å². The van der Waals surface area contributed by atoms with Crippen LogP contribution in [0.3, 0.4) is 0 Å². The largest absolute Gasteiger partial charge is 0.497 e. The Morgan fingerprint density at radius 3 is 2.67 bits per heavy atom. The molecule has 1 atom stereocenters. The zero-order chi connectivity index (χ0) is 19.0. The van der Waals surface area contributed by atoms with Crippen molar-refractivity contribution >= 4 is 32.8 Å². The summed E-state index contributed by atoms with van der Waals surface area (Å²) in [4.78, 5) is 17.5. The van der Waals surface area contributed by atoms with E-state index in [1.165, 1.54) is 30.6 Å². The number of hydrogen-bond acceptors (Lipinski definition) is 6. The number of carbonyl (C=O) groups is 1. The molecule has 1 aromatic carbocycles. The summed E-state index contributed by atoms with van der Waals surface area (Å²) < 4.78 is 31.3. The summed E-state index contributed by atoms with van der Waals surface area (Å²) in [5, 5.41) is 4.35. The Balaban J connectivity index is 1.80. The Kier molecular flexibility index (Phi) is 4.45. The number of aromatic nitrogens is 1. The van der Waals surface area contributed by atoms with Gasteiger partial charge in [-0.1, -0.05) is 6.07 Å². The Morgan fingerprint density at radius 1 is 1.22 bits per heavy atom. The van der Waals surface area contributed by atoms with Crippen molar-refractivity contribution in [1.82, 2.24) is 4.98 Å². The molecule has 0 fully saturated rings. The number of nitrogens with zero attached hydrogens (tertiary/aromatic N) is 1. The SMILES string of the molecule is COc1ccc(S(=O)(=O)c2csc3c2NC(=O)C[C@@H]3c2cccnc2)cc1. The van der Waals surface area contributed by atoms with Crippen LogP contribution in [0.5, 0.6) is 5.75 Å². The fourth-order valence-corrected chi connectivity index (χ4v) is 6.04. The molecule has 1 amide bonds. The van der Waals surface area contributed by atoms with Crippen molar-refractivity contribution in [2.45, 2.75) is 22.1 Å². The first kappa shape index (κ1) is 17.7. The molecule has 8 heteroatoms. The van der Waals surface area contributed by atoms with Crippen molar-refractivity contribution < 1.29 is 17.9 Å². The average Bonchev–Trinajstić information content (AvgIpc) is 3.12. The summed E-state index contributed by atoms with van der Waals surface area (Å²) in [6.45, 7) is 0. The molecule has 1 aliphatic rings. The zero-order valence-electron chi connectivity index (χ0n) is 14.4. The number of benzene rings is 1. The predicted octanol–water partition coefficient (Wildman–Crippen LogP) is 3.46. The van der Waals surface area contributed by atoms with Crippen LogP contribution >= 0.6 is 11.3 Å². The van der Waals surface area contributed by atoms with Crippen LogP contribution in [-0.4, -0.2) is 26.4 Å². The van der Waals surface area contributed by atoms with Gasteiger partial charge in [0.05, 0.1) is 17.7 Å². The van der Waals surface area contributed by atoms with Crippen molar-refractivity contribution in [3.63, 3.8) is 0 Å². The molecule has 3 heterocycles. The molecule has 3 aromatic rings. The van der Waals surface area contributed by atoms with Crippen LogP contribution in [0.2, 0.25) is 0 Å². The van der Waals surface area contributed by atoms with Crippen LogP contribution in [0.25, 0.3) is 0 Å². The molecule has 0 saturated carbocycles. The molecule has 0 saturated heterocycles. The van der Waals surface area contributed by atoms with Crippen LogP contribution in [0.1, 0.15) is 22.8 Å². The van der Waals surface area contributed by atoms with E-state index in [-0.39, 0.29) is 28.0 Å². The summed E-state index contributed by atoms with van der Waals surface area (Å²) in [6.07, 6.45) is 3.65. The van der Waals surface area contributed by atoms with Crippen molar-refractivity contribution in [2.75, 3.05) is 12.4 Å². The molecule has 0 spiro atoms. The number of carbonyl (C=O) groups excluding carboxylic acids is 1. The second kappa shape index (κ2) is 6.79. The summed E-state index contributed by atoms with van der Waals surface area (Å²) in [5.74, 6) is 0.166. The highest BCUT2D eigenvalue weighted by molar-refractivity contribution is 7.91. The first-order chi connectivity index (χ1) is 13.0. The zero-order valence-corrected chi connectivity index (χ0v) is 16.0. The smallest absolute Gasteiger partial charge is 0.225 e. The minimum atomic E-state index is -3.77. The van der Waals surface area contributed by atoms with Gasteiger partial charge in [-0.25, -0.2) is 8.42 Å². The van der Waals surface area contributed by atoms with Gasteiger partial charge in [0.25, 0.3) is 0 Å². The van der Waals surface area contributed by atoms with Crippen LogP contribution < -0.4 is 10.1 Å².